The predicted molar refractivity (Wildman–Crippen MR) is 81.8 cm³/mol. The molecular formula is C10H17N6O8P. The number of nitrogens with two attached hydrogens (primary N) is 2. The van der Waals surface area contributed by atoms with Gasteiger partial charge in [0.2, 0.25) is 5.95 Å². The highest BCUT2D eigenvalue weighted by molar-refractivity contribution is 7.49. The molecule has 25 heavy (non-hydrogen) atoms. The third kappa shape index (κ3) is 4.39. The highest BCUT2D eigenvalue weighted by atomic mass is 31.2. The van der Waals surface area contributed by atoms with E-state index in [2.05, 4.69) is 20.5 Å². The van der Waals surface area contributed by atoms with Crippen LogP contribution < -0.4 is 16.8 Å². The number of aromatic amines is 1. The Kier molecular flexibility index (Phi) is 5.55. The van der Waals surface area contributed by atoms with Crippen molar-refractivity contribution in [1.82, 2.24) is 19.5 Å². The largest absolute Gasteiger partial charge is 0.397 e. The van der Waals surface area contributed by atoms with Gasteiger partial charge in [-0.25, -0.2) is 15.1 Å². The van der Waals surface area contributed by atoms with Crippen molar-refractivity contribution in [1.29, 1.82) is 0 Å². The fraction of sp³-hybridized carbons (Fsp3) is 0.500. The van der Waals surface area contributed by atoms with Crippen molar-refractivity contribution >= 4 is 24.9 Å². The van der Waals surface area contributed by atoms with Crippen molar-refractivity contribution in [2.75, 3.05) is 12.3 Å². The number of anilines is 1. The lowest BCUT2D eigenvalue weighted by Crippen LogP contribution is -2.33. The highest BCUT2D eigenvalue weighted by Crippen LogP contribution is 2.30. The van der Waals surface area contributed by atoms with Gasteiger partial charge in [-0.2, -0.15) is 4.98 Å². The van der Waals surface area contributed by atoms with Crippen LogP contribution in [0.15, 0.2) is 11.1 Å². The number of nitrogens with one attached hydrogen (secondary N) is 1. The second-order valence-electron chi connectivity index (χ2n) is 5.09. The molecule has 14 nitrogen and oxygen atoms in total. The van der Waals surface area contributed by atoms with Crippen molar-refractivity contribution < 1.29 is 34.4 Å². The lowest BCUT2D eigenvalue weighted by Gasteiger charge is -2.16. The van der Waals surface area contributed by atoms with Crippen LogP contribution in [0.25, 0.3) is 11.2 Å². The summed E-state index contributed by atoms with van der Waals surface area (Å²) in [5.74, 6) is -0.101. The summed E-state index contributed by atoms with van der Waals surface area (Å²) in [6.45, 7) is -0.447. The third-order valence-electron chi connectivity index (χ3n) is 3.24. The normalized spacial score (nSPS) is 26.5. The van der Waals surface area contributed by atoms with Crippen LogP contribution >= 0.6 is 7.75 Å². The zero-order valence-corrected chi connectivity index (χ0v) is 13.4. The number of imidazole rings is 1. The Balaban J connectivity index is 0.000000399. The molecule has 0 saturated carbocycles. The first-order valence-corrected chi connectivity index (χ1v) is 8.40. The monoisotopic (exact) mass is 380 g/mol. The molecule has 2 aromatic heterocycles. The Bertz CT molecular complexity index is 839. The molecule has 0 aliphatic carbocycles. The summed E-state index contributed by atoms with van der Waals surface area (Å²) in [6, 6.07) is 0. The maximum Gasteiger partial charge on any atom is 0.397 e. The van der Waals surface area contributed by atoms with Crippen LogP contribution in [0, 0.1) is 0 Å². The Hall–Kier alpha value is -1.90. The maximum absolute atomic E-state index is 11.7. The smallest absolute Gasteiger partial charge is 0.394 e. The Labute approximate surface area is 138 Å². The SMILES string of the molecule is NP(=O)(O)O.Nc1nc2c(ncn2[C@@H]2O[C@H](CO)[C@@H](O)[C@H]2O)c(=O)[nH]1. The van der Waals surface area contributed by atoms with Gasteiger partial charge in [-0.3, -0.25) is 14.3 Å². The molecule has 4 atom stereocenters. The van der Waals surface area contributed by atoms with Crippen molar-refractivity contribution in [3.05, 3.63) is 16.7 Å². The standard InChI is InChI=1S/C10H13N5O5.H4NO3P/c11-10-13-7-4(8(19)14-10)12-2-15(7)9-6(18)5(17)3(1-16)20-9;1-5(2,3)4/h2-3,5-6,9,16-18H,1H2,(H3,11,13,14,19);(H4,1,2,3,4)/t3-,5-,6-,9-;/m1./s1. The molecule has 0 spiro atoms. The van der Waals surface area contributed by atoms with E-state index < -0.39 is 44.5 Å². The molecule has 2 aromatic rings. The number of nitrogens with zero attached hydrogens (tertiary/aromatic N) is 3. The van der Waals surface area contributed by atoms with Gasteiger partial charge in [-0.1, -0.05) is 0 Å². The van der Waals surface area contributed by atoms with Gasteiger partial charge in [0.25, 0.3) is 5.56 Å². The molecule has 10 N–H and O–H groups in total. The predicted octanol–water partition coefficient (Wildman–Crippen LogP) is -3.65. The van der Waals surface area contributed by atoms with Crippen LogP contribution in [0.5, 0.6) is 0 Å². The molecule has 0 aromatic carbocycles. The molecule has 15 heteroatoms. The Morgan fingerprint density at radius 3 is 2.48 bits per heavy atom. The second kappa shape index (κ2) is 7.15. The van der Waals surface area contributed by atoms with Gasteiger partial charge < -0.3 is 35.6 Å². The molecule has 1 aliphatic rings. The van der Waals surface area contributed by atoms with Crippen molar-refractivity contribution in [2.45, 2.75) is 24.5 Å². The van der Waals surface area contributed by atoms with Crippen LogP contribution in [-0.4, -0.2) is 69.5 Å². The average molecular weight is 380 g/mol. The summed E-state index contributed by atoms with van der Waals surface area (Å²) in [7, 11) is -4.14. The summed E-state index contributed by atoms with van der Waals surface area (Å²) in [5, 5.41) is 28.7. The minimum Gasteiger partial charge on any atom is -0.394 e. The first-order chi connectivity index (χ1) is 11.5. The molecule has 0 bridgehead atoms. The summed E-state index contributed by atoms with van der Waals surface area (Å²) in [5.41, 5.74) is 9.14. The van der Waals surface area contributed by atoms with Crippen LogP contribution in [0.2, 0.25) is 0 Å². The van der Waals surface area contributed by atoms with E-state index in [1.165, 1.54) is 10.9 Å². The summed E-state index contributed by atoms with van der Waals surface area (Å²) < 4.78 is 15.7. The number of aliphatic hydroxyl groups excluding tert-OH is 3. The second-order valence-corrected chi connectivity index (χ2v) is 6.27. The molecule has 1 fully saturated rings. The lowest BCUT2D eigenvalue weighted by molar-refractivity contribution is -0.0511. The van der Waals surface area contributed by atoms with Gasteiger partial charge in [0, 0.05) is 0 Å². The van der Waals surface area contributed by atoms with E-state index in [1.54, 1.807) is 0 Å². The maximum atomic E-state index is 11.7. The van der Waals surface area contributed by atoms with Gasteiger partial charge in [0.05, 0.1) is 12.9 Å². The molecule has 0 amide bonds. The minimum absolute atomic E-state index is 0.0388. The number of aromatic nitrogens is 4. The first-order valence-electron chi connectivity index (χ1n) is 6.71. The quantitative estimate of drug-likeness (QED) is 0.235. The number of nitrogen functional groups attached to an aromatic ring is 1. The van der Waals surface area contributed by atoms with Gasteiger partial charge in [-0.15, -0.1) is 0 Å². The van der Waals surface area contributed by atoms with Crippen LogP contribution in [0.3, 0.4) is 0 Å². The molecule has 140 valence electrons. The molecule has 1 saturated heterocycles. The summed E-state index contributed by atoms with van der Waals surface area (Å²) in [4.78, 5) is 36.6. The van der Waals surface area contributed by atoms with Gasteiger partial charge >= 0.3 is 7.75 Å². The number of aliphatic hydroxyl groups is 3. The van der Waals surface area contributed by atoms with Crippen molar-refractivity contribution in [3.63, 3.8) is 0 Å². The highest BCUT2D eigenvalue weighted by Gasteiger charge is 2.44. The average Bonchev–Trinajstić information content (AvgIpc) is 3.00. The van der Waals surface area contributed by atoms with Crippen LogP contribution in [0.1, 0.15) is 6.23 Å². The fourth-order valence-electron chi connectivity index (χ4n) is 2.24. The number of rotatable bonds is 2. The summed E-state index contributed by atoms with van der Waals surface area (Å²) >= 11 is 0. The molecule has 0 unspecified atom stereocenters. The molecular weight excluding hydrogens is 363 g/mol. The van der Waals surface area contributed by atoms with Gasteiger partial charge in [0.1, 0.15) is 18.3 Å². The van der Waals surface area contributed by atoms with E-state index in [1.807, 2.05) is 0 Å². The summed E-state index contributed by atoms with van der Waals surface area (Å²) in [6.07, 6.45) is -3.21. The van der Waals surface area contributed by atoms with E-state index in [0.29, 0.717) is 0 Å². The van der Waals surface area contributed by atoms with E-state index in [0.717, 1.165) is 0 Å². The van der Waals surface area contributed by atoms with Crippen molar-refractivity contribution in [3.8, 4) is 0 Å². The van der Waals surface area contributed by atoms with Crippen LogP contribution in [0.4, 0.5) is 5.95 Å². The number of H-pyrrole nitrogens is 1. The zero-order valence-electron chi connectivity index (χ0n) is 12.5. The van der Waals surface area contributed by atoms with Gasteiger partial charge in [0.15, 0.2) is 17.4 Å². The first kappa shape index (κ1) is 19.4. The van der Waals surface area contributed by atoms with E-state index in [4.69, 9.17) is 29.9 Å². The molecule has 3 heterocycles. The fourth-order valence-corrected chi connectivity index (χ4v) is 2.24. The number of fused-ring (bicyclic) bond motifs is 1. The van der Waals surface area contributed by atoms with E-state index in [-0.39, 0.29) is 17.1 Å². The Morgan fingerprint density at radius 2 is 1.96 bits per heavy atom. The van der Waals surface area contributed by atoms with E-state index in [9.17, 15) is 15.0 Å². The Morgan fingerprint density at radius 1 is 1.36 bits per heavy atom. The van der Waals surface area contributed by atoms with E-state index >= 15 is 0 Å². The van der Waals surface area contributed by atoms with Crippen LogP contribution in [-0.2, 0) is 9.30 Å². The zero-order chi connectivity index (χ0) is 18.9. The third-order valence-corrected chi connectivity index (χ3v) is 3.24. The minimum atomic E-state index is -4.14. The van der Waals surface area contributed by atoms with Crippen molar-refractivity contribution in [2.24, 2.45) is 5.50 Å². The number of hydrogen-bond donors (Lipinski definition) is 8. The molecule has 3 rings (SSSR count). The topological polar surface area (TPSA) is 243 Å². The lowest BCUT2D eigenvalue weighted by atomic mass is 10.1. The number of ether oxygens (including phenoxy) is 1. The number of hydrogen-bond acceptors (Lipinski definition) is 9. The molecule has 0 radical (unpaired) electrons. The van der Waals surface area contributed by atoms with Gasteiger partial charge in [-0.05, 0) is 0 Å². The molecule has 1 aliphatic heterocycles.